The number of fused-ring (bicyclic) bond motifs is 2. The van der Waals surface area contributed by atoms with Gasteiger partial charge in [-0.1, -0.05) is 13.8 Å². The molecule has 3 unspecified atom stereocenters. The van der Waals surface area contributed by atoms with Crippen LogP contribution in [0.15, 0.2) is 18.2 Å². The van der Waals surface area contributed by atoms with Gasteiger partial charge in [-0.25, -0.2) is 9.18 Å². The lowest BCUT2D eigenvalue weighted by Crippen LogP contribution is -2.49. The molecule has 0 spiro atoms. The molecule has 2 fully saturated rings. The smallest absolute Gasteiger partial charge is 0.335 e. The van der Waals surface area contributed by atoms with E-state index in [1.54, 1.807) is 0 Å². The van der Waals surface area contributed by atoms with Gasteiger partial charge in [-0.15, -0.1) is 0 Å². The molecule has 3 atom stereocenters. The molecule has 3 rings (SSSR count). The lowest BCUT2D eigenvalue weighted by atomic mass is 9.77. The van der Waals surface area contributed by atoms with E-state index < -0.39 is 11.8 Å². The summed E-state index contributed by atoms with van der Waals surface area (Å²) in [6, 6.07) is 3.74. The van der Waals surface area contributed by atoms with E-state index in [1.807, 2.05) is 11.8 Å². The Bertz CT molecular complexity index is 575. The van der Waals surface area contributed by atoms with Crippen molar-refractivity contribution in [3.63, 3.8) is 0 Å². The Hall–Kier alpha value is -1.23. The van der Waals surface area contributed by atoms with E-state index in [9.17, 15) is 9.18 Å². The van der Waals surface area contributed by atoms with Crippen LogP contribution in [0, 0.1) is 11.7 Å². The maximum Gasteiger partial charge on any atom is 0.335 e. The van der Waals surface area contributed by atoms with Gasteiger partial charge in [0.25, 0.3) is 0 Å². The van der Waals surface area contributed by atoms with E-state index in [1.165, 1.54) is 24.6 Å². The molecule has 21 heavy (non-hydrogen) atoms. The predicted octanol–water partition coefficient (Wildman–Crippen LogP) is 3.97. The number of aromatic carboxylic acids is 1. The first kappa shape index (κ1) is 14.7. The highest BCUT2D eigenvalue weighted by molar-refractivity contribution is 8.01. The van der Waals surface area contributed by atoms with Gasteiger partial charge in [-0.2, -0.15) is 11.8 Å². The third-order valence-electron chi connectivity index (χ3n) is 4.65. The second kappa shape index (κ2) is 5.20. The minimum absolute atomic E-state index is 0.0566. The number of hydrogen-bond donors (Lipinski definition) is 1. The molecule has 2 saturated heterocycles. The van der Waals surface area contributed by atoms with Crippen LogP contribution in [0.2, 0.25) is 0 Å². The average Bonchev–Trinajstić information content (AvgIpc) is 3.02. The first-order valence-electron chi connectivity index (χ1n) is 7.29. The van der Waals surface area contributed by atoms with Gasteiger partial charge >= 0.3 is 5.97 Å². The number of benzene rings is 1. The van der Waals surface area contributed by atoms with Crippen molar-refractivity contribution in [1.82, 2.24) is 0 Å². The number of thioether (sulfide) groups is 1. The summed E-state index contributed by atoms with van der Waals surface area (Å²) in [6.45, 7) is 4.19. The number of carbonyl (C=O) groups is 1. The molecule has 0 saturated carbocycles. The van der Waals surface area contributed by atoms with E-state index >= 15 is 0 Å². The molecule has 0 aromatic heterocycles. The topological polar surface area (TPSA) is 46.5 Å². The number of carboxylic acids is 1. The minimum Gasteiger partial charge on any atom is -0.483 e. The van der Waals surface area contributed by atoms with Crippen LogP contribution in [-0.2, 0) is 0 Å². The number of carboxylic acid groups (broad SMARTS) is 1. The molecule has 2 heterocycles. The molecule has 114 valence electrons. The zero-order valence-electron chi connectivity index (χ0n) is 12.1. The van der Waals surface area contributed by atoms with Crippen molar-refractivity contribution in [2.75, 3.05) is 0 Å². The summed E-state index contributed by atoms with van der Waals surface area (Å²) in [7, 11) is 0. The molecule has 5 heteroatoms. The highest BCUT2D eigenvalue weighted by atomic mass is 32.2. The maximum atomic E-state index is 14.0. The number of rotatable bonds is 4. The van der Waals surface area contributed by atoms with Crippen LogP contribution in [-0.4, -0.2) is 27.2 Å². The maximum absolute atomic E-state index is 14.0. The van der Waals surface area contributed by atoms with Gasteiger partial charge < -0.3 is 9.84 Å². The fourth-order valence-electron chi connectivity index (χ4n) is 3.45. The standard InChI is InChI=1S/C16H19FO3S/c1-9(2)16(8-11-4-6-14(16)21-11)20-13-7-10(15(18)19)3-5-12(13)17/h3,5,7,9,11,14H,4,6,8H2,1-2H3,(H,18,19). The summed E-state index contributed by atoms with van der Waals surface area (Å²) in [4.78, 5) is 11.1. The molecule has 1 aromatic carbocycles. The molecule has 0 aliphatic carbocycles. The molecule has 2 aliphatic rings. The zero-order valence-corrected chi connectivity index (χ0v) is 13.0. The van der Waals surface area contributed by atoms with Gasteiger partial charge in [0.05, 0.1) is 5.56 Å². The lowest BCUT2D eigenvalue weighted by molar-refractivity contribution is 0.00341. The molecular formula is C16H19FO3S. The van der Waals surface area contributed by atoms with Crippen molar-refractivity contribution in [3.8, 4) is 5.75 Å². The van der Waals surface area contributed by atoms with Gasteiger partial charge in [0, 0.05) is 16.9 Å². The zero-order chi connectivity index (χ0) is 15.2. The SMILES string of the molecule is CC(C)C1(Oc2cc(C(=O)O)ccc2F)CC2CCC1S2. The van der Waals surface area contributed by atoms with E-state index in [2.05, 4.69) is 13.8 Å². The molecule has 0 amide bonds. The van der Waals surface area contributed by atoms with Crippen molar-refractivity contribution in [3.05, 3.63) is 29.6 Å². The summed E-state index contributed by atoms with van der Waals surface area (Å²) in [5.41, 5.74) is -0.327. The first-order valence-corrected chi connectivity index (χ1v) is 8.24. The van der Waals surface area contributed by atoms with Crippen molar-refractivity contribution in [2.45, 2.75) is 49.2 Å². The monoisotopic (exact) mass is 310 g/mol. The van der Waals surface area contributed by atoms with Gasteiger partial charge in [0.15, 0.2) is 11.6 Å². The van der Waals surface area contributed by atoms with Crippen molar-refractivity contribution in [1.29, 1.82) is 0 Å². The van der Waals surface area contributed by atoms with Crippen LogP contribution in [0.5, 0.6) is 5.75 Å². The van der Waals surface area contributed by atoms with E-state index in [0.717, 1.165) is 12.8 Å². The fourth-order valence-corrected chi connectivity index (χ4v) is 5.47. The molecule has 1 N–H and O–H groups in total. The average molecular weight is 310 g/mol. The summed E-state index contributed by atoms with van der Waals surface area (Å²) < 4.78 is 20.2. The predicted molar refractivity (Wildman–Crippen MR) is 80.6 cm³/mol. The van der Waals surface area contributed by atoms with Gasteiger partial charge in [-0.05, 0) is 37.0 Å². The Morgan fingerprint density at radius 2 is 2.24 bits per heavy atom. The van der Waals surface area contributed by atoms with E-state index in [0.29, 0.717) is 10.5 Å². The van der Waals surface area contributed by atoms with Crippen LogP contribution in [0.25, 0.3) is 0 Å². The normalized spacial score (nSPS) is 30.9. The third-order valence-corrected chi connectivity index (χ3v) is 6.41. The number of ether oxygens (including phenoxy) is 1. The Balaban J connectivity index is 1.94. The summed E-state index contributed by atoms with van der Waals surface area (Å²) >= 11 is 1.94. The van der Waals surface area contributed by atoms with Gasteiger partial charge in [0.1, 0.15) is 5.60 Å². The quantitative estimate of drug-likeness (QED) is 0.914. The van der Waals surface area contributed by atoms with Crippen LogP contribution < -0.4 is 4.74 Å². The van der Waals surface area contributed by atoms with Crippen LogP contribution in [0.4, 0.5) is 4.39 Å². The third kappa shape index (κ3) is 2.41. The highest BCUT2D eigenvalue weighted by Crippen LogP contribution is 2.56. The molecule has 1 aromatic rings. The molecule has 0 radical (unpaired) electrons. The summed E-state index contributed by atoms with van der Waals surface area (Å²) in [6.07, 6.45) is 3.20. The van der Waals surface area contributed by atoms with E-state index in [4.69, 9.17) is 9.84 Å². The Kier molecular flexibility index (Phi) is 3.64. The van der Waals surface area contributed by atoms with E-state index in [-0.39, 0.29) is 22.8 Å². The largest absolute Gasteiger partial charge is 0.483 e. The van der Waals surface area contributed by atoms with Crippen LogP contribution in [0.1, 0.15) is 43.5 Å². The molecule has 3 nitrogen and oxygen atoms in total. The minimum atomic E-state index is -1.07. The van der Waals surface area contributed by atoms with Gasteiger partial charge in [0.2, 0.25) is 0 Å². The van der Waals surface area contributed by atoms with Crippen LogP contribution in [0.3, 0.4) is 0 Å². The van der Waals surface area contributed by atoms with Crippen molar-refractivity contribution >= 4 is 17.7 Å². The Labute approximate surface area is 127 Å². The second-order valence-electron chi connectivity index (χ2n) is 6.19. The highest BCUT2D eigenvalue weighted by Gasteiger charge is 2.55. The van der Waals surface area contributed by atoms with Crippen LogP contribution >= 0.6 is 11.8 Å². The lowest BCUT2D eigenvalue weighted by Gasteiger charge is -2.40. The number of halogens is 1. The van der Waals surface area contributed by atoms with Crippen molar-refractivity contribution in [2.24, 2.45) is 5.92 Å². The molecule has 2 bridgehead atoms. The summed E-state index contributed by atoms with van der Waals surface area (Å²) in [5, 5.41) is 10.0. The Morgan fingerprint density at radius 1 is 1.48 bits per heavy atom. The summed E-state index contributed by atoms with van der Waals surface area (Å²) in [5.74, 6) is -1.24. The van der Waals surface area contributed by atoms with Crippen molar-refractivity contribution < 1.29 is 19.0 Å². The molecule has 2 aliphatic heterocycles. The first-order chi connectivity index (χ1) is 9.92. The Morgan fingerprint density at radius 3 is 2.76 bits per heavy atom. The fraction of sp³-hybridized carbons (Fsp3) is 0.562. The number of hydrogen-bond acceptors (Lipinski definition) is 3. The second-order valence-corrected chi connectivity index (χ2v) is 7.70. The molecular weight excluding hydrogens is 291 g/mol. The van der Waals surface area contributed by atoms with Gasteiger partial charge in [-0.3, -0.25) is 0 Å².